The van der Waals surface area contributed by atoms with Gasteiger partial charge in [-0.1, -0.05) is 12.6 Å². The smallest absolute Gasteiger partial charge is 0.0623 e. The Morgan fingerprint density at radius 1 is 1.44 bits per heavy atom. The monoisotopic (exact) mass is 208 g/mol. The quantitative estimate of drug-likeness (QED) is 0.640. The first kappa shape index (κ1) is 8.51. The normalized spacial score (nSPS) is 7.56. The Bertz CT molecular complexity index is 172. The van der Waals surface area contributed by atoms with Crippen molar-refractivity contribution in [3.05, 3.63) is 36.7 Å². The molecule has 1 rings (SSSR count). The second-order valence-corrected chi connectivity index (χ2v) is 1.46. The van der Waals surface area contributed by atoms with Crippen molar-refractivity contribution in [1.82, 2.24) is 4.98 Å². The third kappa shape index (κ3) is 2.52. The van der Waals surface area contributed by atoms with Crippen LogP contribution in [-0.4, -0.2) is 4.98 Å². The van der Waals surface area contributed by atoms with Crippen molar-refractivity contribution < 1.29 is 19.5 Å². The summed E-state index contributed by atoms with van der Waals surface area (Å²) < 4.78 is 0. The average molecular weight is 208 g/mol. The van der Waals surface area contributed by atoms with Gasteiger partial charge in [-0.05, 0) is 18.2 Å². The molecule has 9 heavy (non-hydrogen) atoms. The van der Waals surface area contributed by atoms with Crippen LogP contribution >= 0.6 is 0 Å². The molecule has 1 nitrogen and oxygen atoms in total. The molecule has 0 spiro atoms. The van der Waals surface area contributed by atoms with Crippen LogP contribution in [0.1, 0.15) is 5.69 Å². The topological polar surface area (TPSA) is 12.9 Å². The van der Waals surface area contributed by atoms with E-state index in [9.17, 15) is 0 Å². The fourth-order valence-electron chi connectivity index (χ4n) is 0.497. The standard InChI is InChI=1S/C7H7N.Rh/c1-2-7-5-3-4-6-8-7;/h2-6H,1H2;. The average Bonchev–Trinajstić information content (AvgIpc) is 1.90. The summed E-state index contributed by atoms with van der Waals surface area (Å²) in [4.78, 5) is 3.98. The van der Waals surface area contributed by atoms with Crippen molar-refractivity contribution in [2.45, 2.75) is 0 Å². The van der Waals surface area contributed by atoms with Crippen LogP contribution in [0.4, 0.5) is 0 Å². The molecule has 0 unspecified atom stereocenters. The van der Waals surface area contributed by atoms with Gasteiger partial charge >= 0.3 is 0 Å². The van der Waals surface area contributed by atoms with E-state index in [1.165, 1.54) is 0 Å². The molecule has 1 aromatic rings. The van der Waals surface area contributed by atoms with E-state index in [2.05, 4.69) is 11.6 Å². The van der Waals surface area contributed by atoms with Crippen LogP contribution in [-0.2, 0) is 19.5 Å². The van der Waals surface area contributed by atoms with Crippen LogP contribution in [0, 0.1) is 0 Å². The predicted octanol–water partition coefficient (Wildman–Crippen LogP) is 1.72. The Kier molecular flexibility index (Phi) is 4.16. The number of hydrogen-bond acceptors (Lipinski definition) is 1. The molecule has 0 atom stereocenters. The van der Waals surface area contributed by atoms with Gasteiger partial charge in [0.05, 0.1) is 5.69 Å². The SMILES string of the molecule is C=Cc1ccccn1.[Rh]. The summed E-state index contributed by atoms with van der Waals surface area (Å²) in [5, 5.41) is 0. The van der Waals surface area contributed by atoms with Crippen LogP contribution in [0.25, 0.3) is 6.08 Å². The largest absolute Gasteiger partial charge is 0.257 e. The van der Waals surface area contributed by atoms with Crippen LogP contribution in [0.3, 0.4) is 0 Å². The Hall–Kier alpha value is -0.487. The molecule has 0 saturated heterocycles. The van der Waals surface area contributed by atoms with Crippen molar-refractivity contribution in [3.63, 3.8) is 0 Å². The van der Waals surface area contributed by atoms with Gasteiger partial charge in [0.1, 0.15) is 0 Å². The van der Waals surface area contributed by atoms with Gasteiger partial charge < -0.3 is 0 Å². The summed E-state index contributed by atoms with van der Waals surface area (Å²) in [6.07, 6.45) is 3.47. The molecule has 0 bridgehead atoms. The summed E-state index contributed by atoms with van der Waals surface area (Å²) in [6, 6.07) is 5.73. The van der Waals surface area contributed by atoms with Crippen molar-refractivity contribution in [2.75, 3.05) is 0 Å². The summed E-state index contributed by atoms with van der Waals surface area (Å²) in [6.45, 7) is 3.57. The van der Waals surface area contributed by atoms with E-state index in [1.807, 2.05) is 18.2 Å². The summed E-state index contributed by atoms with van der Waals surface area (Å²) >= 11 is 0. The maximum Gasteiger partial charge on any atom is 0.0623 e. The minimum Gasteiger partial charge on any atom is -0.257 e. The van der Waals surface area contributed by atoms with Gasteiger partial charge in [-0.15, -0.1) is 0 Å². The van der Waals surface area contributed by atoms with Crippen molar-refractivity contribution in [3.8, 4) is 0 Å². The first-order valence-electron chi connectivity index (χ1n) is 2.47. The Morgan fingerprint density at radius 3 is 2.56 bits per heavy atom. The Balaban J connectivity index is 0.000000640. The minimum absolute atomic E-state index is 0. The maximum absolute atomic E-state index is 3.98. The van der Waals surface area contributed by atoms with Gasteiger partial charge in [0.2, 0.25) is 0 Å². The number of pyridine rings is 1. The van der Waals surface area contributed by atoms with E-state index >= 15 is 0 Å². The molecule has 0 aliphatic carbocycles. The van der Waals surface area contributed by atoms with Gasteiger partial charge in [-0.2, -0.15) is 0 Å². The summed E-state index contributed by atoms with van der Waals surface area (Å²) in [5.74, 6) is 0. The maximum atomic E-state index is 3.98. The third-order valence-electron chi connectivity index (χ3n) is 0.897. The van der Waals surface area contributed by atoms with Crippen LogP contribution in [0.2, 0.25) is 0 Å². The van der Waals surface area contributed by atoms with E-state index in [-0.39, 0.29) is 19.5 Å². The molecule has 0 aliphatic heterocycles. The fourth-order valence-corrected chi connectivity index (χ4v) is 0.497. The third-order valence-corrected chi connectivity index (χ3v) is 0.897. The number of rotatable bonds is 1. The molecule has 0 saturated carbocycles. The van der Waals surface area contributed by atoms with E-state index in [4.69, 9.17) is 0 Å². The molecule has 2 heteroatoms. The number of hydrogen-bond donors (Lipinski definition) is 0. The second-order valence-electron chi connectivity index (χ2n) is 1.46. The van der Waals surface area contributed by atoms with Crippen molar-refractivity contribution in [1.29, 1.82) is 0 Å². The molecule has 0 amide bonds. The van der Waals surface area contributed by atoms with Crippen molar-refractivity contribution in [2.24, 2.45) is 0 Å². The summed E-state index contributed by atoms with van der Waals surface area (Å²) in [7, 11) is 0. The molecule has 49 valence electrons. The van der Waals surface area contributed by atoms with Gasteiger partial charge in [0, 0.05) is 25.7 Å². The van der Waals surface area contributed by atoms with Gasteiger partial charge in [-0.3, -0.25) is 4.98 Å². The van der Waals surface area contributed by atoms with Crippen LogP contribution in [0.5, 0.6) is 0 Å². The number of aromatic nitrogens is 1. The predicted molar refractivity (Wildman–Crippen MR) is 34.3 cm³/mol. The fraction of sp³-hybridized carbons (Fsp3) is 0. The molecule has 1 radical (unpaired) electrons. The number of nitrogens with zero attached hydrogens (tertiary/aromatic N) is 1. The first-order chi connectivity index (χ1) is 3.93. The Labute approximate surface area is 67.6 Å². The molecule has 1 heterocycles. The van der Waals surface area contributed by atoms with Gasteiger partial charge in [0.15, 0.2) is 0 Å². The Morgan fingerprint density at radius 2 is 2.22 bits per heavy atom. The van der Waals surface area contributed by atoms with E-state index in [1.54, 1.807) is 12.3 Å². The van der Waals surface area contributed by atoms with Gasteiger partial charge in [0.25, 0.3) is 0 Å². The first-order valence-corrected chi connectivity index (χ1v) is 2.47. The zero-order chi connectivity index (χ0) is 5.82. The van der Waals surface area contributed by atoms with Crippen LogP contribution in [0.15, 0.2) is 31.0 Å². The van der Waals surface area contributed by atoms with Crippen LogP contribution < -0.4 is 0 Å². The molecular formula is C7H7NRh. The van der Waals surface area contributed by atoms with E-state index in [0.29, 0.717) is 0 Å². The zero-order valence-corrected chi connectivity index (χ0v) is 6.51. The van der Waals surface area contributed by atoms with Crippen molar-refractivity contribution >= 4 is 6.08 Å². The summed E-state index contributed by atoms with van der Waals surface area (Å²) in [5.41, 5.74) is 0.924. The molecule has 0 fully saturated rings. The molecular weight excluding hydrogens is 201 g/mol. The van der Waals surface area contributed by atoms with E-state index in [0.717, 1.165) is 5.69 Å². The molecule has 0 N–H and O–H groups in total. The minimum atomic E-state index is 0. The molecule has 1 aromatic heterocycles. The molecule has 0 aliphatic rings. The van der Waals surface area contributed by atoms with E-state index < -0.39 is 0 Å². The second kappa shape index (κ2) is 4.40. The van der Waals surface area contributed by atoms with Gasteiger partial charge in [-0.25, -0.2) is 0 Å². The molecule has 0 aromatic carbocycles. The zero-order valence-electron chi connectivity index (χ0n) is 4.87.